The fraction of sp³-hybridized carbons (Fsp3) is 0.267. The zero-order valence-electron chi connectivity index (χ0n) is 12.1. The van der Waals surface area contributed by atoms with Crippen molar-refractivity contribution >= 4 is 23.4 Å². The number of hydrogen-bond donors (Lipinski definition) is 2. The van der Waals surface area contributed by atoms with Crippen LogP contribution in [-0.4, -0.2) is 22.4 Å². The van der Waals surface area contributed by atoms with Crippen molar-refractivity contribution in [2.24, 2.45) is 5.73 Å². The molecule has 0 aliphatic heterocycles. The van der Waals surface area contributed by atoms with Crippen LogP contribution in [-0.2, 0) is 4.79 Å². The molecule has 0 unspecified atom stereocenters. The van der Waals surface area contributed by atoms with Crippen molar-refractivity contribution in [3.05, 3.63) is 41.7 Å². The summed E-state index contributed by atoms with van der Waals surface area (Å²) < 4.78 is 0. The number of nitrogens with zero attached hydrogens (tertiary/aromatic N) is 2. The van der Waals surface area contributed by atoms with E-state index in [4.69, 9.17) is 5.73 Å². The highest BCUT2D eigenvalue weighted by atomic mass is 32.2. The number of nitrogens with one attached hydrogen (secondary N) is 1. The van der Waals surface area contributed by atoms with Crippen LogP contribution in [0.1, 0.15) is 17.8 Å². The maximum absolute atomic E-state index is 11.4. The number of hydrogen-bond acceptors (Lipinski definition) is 5. The largest absolute Gasteiger partial charge is 0.330 e. The Balaban J connectivity index is 2.03. The summed E-state index contributed by atoms with van der Waals surface area (Å²) in [5.74, 6) is -0.0736. The molecular formula is C15H18N4OS. The van der Waals surface area contributed by atoms with Crippen molar-refractivity contribution in [2.45, 2.75) is 30.3 Å². The Labute approximate surface area is 128 Å². The summed E-state index contributed by atoms with van der Waals surface area (Å²) in [7, 11) is 0. The molecule has 21 heavy (non-hydrogen) atoms. The minimum absolute atomic E-state index is 0.0736. The van der Waals surface area contributed by atoms with Gasteiger partial charge in [0.1, 0.15) is 0 Å². The Kier molecular flexibility index (Phi) is 5.30. The fourth-order valence-corrected chi connectivity index (χ4v) is 2.67. The molecule has 1 aromatic carbocycles. The highest BCUT2D eigenvalue weighted by molar-refractivity contribution is 7.99. The van der Waals surface area contributed by atoms with Gasteiger partial charge in [-0.2, -0.15) is 0 Å². The first-order chi connectivity index (χ1) is 10.1. The van der Waals surface area contributed by atoms with Crippen molar-refractivity contribution in [1.29, 1.82) is 0 Å². The fourth-order valence-electron chi connectivity index (χ4n) is 1.81. The standard InChI is InChI=1S/C15H18N4OS/c1-10-9-11(2)18-15(17-10)21-13-5-3-12(4-6-13)19-14(20)7-8-16/h3-6,9H,7-8,16H2,1-2H3,(H,19,20). The number of benzene rings is 1. The zero-order valence-corrected chi connectivity index (χ0v) is 12.9. The molecule has 0 bridgehead atoms. The lowest BCUT2D eigenvalue weighted by molar-refractivity contribution is -0.116. The van der Waals surface area contributed by atoms with Gasteiger partial charge in [0, 0.05) is 34.9 Å². The van der Waals surface area contributed by atoms with Crippen molar-refractivity contribution < 1.29 is 4.79 Å². The smallest absolute Gasteiger partial charge is 0.225 e. The Bertz CT molecular complexity index is 608. The Morgan fingerprint density at radius 2 is 1.81 bits per heavy atom. The van der Waals surface area contributed by atoms with Crippen LogP contribution in [0.3, 0.4) is 0 Å². The summed E-state index contributed by atoms with van der Waals surface area (Å²) in [6.45, 7) is 4.26. The Morgan fingerprint density at radius 1 is 1.19 bits per heavy atom. The first kappa shape index (κ1) is 15.5. The van der Waals surface area contributed by atoms with Gasteiger partial charge in [-0.1, -0.05) is 0 Å². The summed E-state index contributed by atoms with van der Waals surface area (Å²) in [5, 5.41) is 3.52. The molecule has 0 radical (unpaired) electrons. The van der Waals surface area contributed by atoms with Gasteiger partial charge in [-0.3, -0.25) is 4.79 Å². The molecule has 1 amide bonds. The minimum Gasteiger partial charge on any atom is -0.330 e. The number of rotatable bonds is 5. The molecule has 2 rings (SSSR count). The number of amides is 1. The molecule has 0 saturated heterocycles. The predicted molar refractivity (Wildman–Crippen MR) is 84.4 cm³/mol. The summed E-state index contributed by atoms with van der Waals surface area (Å²) in [6, 6.07) is 9.53. The number of carbonyl (C=O) groups excluding carboxylic acids is 1. The summed E-state index contributed by atoms with van der Waals surface area (Å²) in [5.41, 5.74) is 8.01. The van der Waals surface area contributed by atoms with E-state index in [0.717, 1.165) is 27.1 Å². The average molecular weight is 302 g/mol. The molecule has 5 nitrogen and oxygen atoms in total. The highest BCUT2D eigenvalue weighted by Gasteiger charge is 2.04. The molecule has 2 aromatic rings. The van der Waals surface area contributed by atoms with Crippen LogP contribution in [0.4, 0.5) is 5.69 Å². The van der Waals surface area contributed by atoms with Gasteiger partial charge in [0.05, 0.1) is 0 Å². The average Bonchev–Trinajstić information content (AvgIpc) is 2.40. The van der Waals surface area contributed by atoms with E-state index in [1.165, 1.54) is 11.8 Å². The van der Waals surface area contributed by atoms with E-state index in [9.17, 15) is 4.79 Å². The van der Waals surface area contributed by atoms with Crippen molar-refractivity contribution in [3.63, 3.8) is 0 Å². The van der Waals surface area contributed by atoms with Gasteiger partial charge in [0.25, 0.3) is 0 Å². The number of aromatic nitrogens is 2. The molecule has 0 aliphatic rings. The third kappa shape index (κ3) is 4.84. The van der Waals surface area contributed by atoms with Crippen LogP contribution in [0, 0.1) is 13.8 Å². The quantitative estimate of drug-likeness (QED) is 0.830. The normalized spacial score (nSPS) is 10.4. The number of nitrogens with two attached hydrogens (primary N) is 1. The van der Waals surface area contributed by atoms with Gasteiger partial charge in [-0.25, -0.2) is 9.97 Å². The Hall–Kier alpha value is -1.92. The van der Waals surface area contributed by atoms with E-state index >= 15 is 0 Å². The van der Waals surface area contributed by atoms with Crippen LogP contribution in [0.5, 0.6) is 0 Å². The molecule has 0 spiro atoms. The first-order valence-electron chi connectivity index (χ1n) is 6.67. The lowest BCUT2D eigenvalue weighted by Crippen LogP contribution is -2.15. The van der Waals surface area contributed by atoms with Crippen LogP contribution >= 0.6 is 11.8 Å². The minimum atomic E-state index is -0.0736. The Morgan fingerprint density at radius 3 is 2.38 bits per heavy atom. The maximum Gasteiger partial charge on any atom is 0.225 e. The molecule has 1 heterocycles. The van der Waals surface area contributed by atoms with Crippen LogP contribution in [0.2, 0.25) is 0 Å². The van der Waals surface area contributed by atoms with Crippen LogP contribution in [0.15, 0.2) is 40.4 Å². The number of carbonyl (C=O) groups is 1. The molecule has 0 aliphatic carbocycles. The van der Waals surface area contributed by atoms with Crippen molar-refractivity contribution in [1.82, 2.24) is 9.97 Å². The van der Waals surface area contributed by atoms with Gasteiger partial charge in [-0.15, -0.1) is 0 Å². The van der Waals surface area contributed by atoms with E-state index < -0.39 is 0 Å². The van der Waals surface area contributed by atoms with Gasteiger partial charge in [0.15, 0.2) is 5.16 Å². The van der Waals surface area contributed by atoms with E-state index in [1.54, 1.807) is 0 Å². The molecule has 0 atom stereocenters. The van der Waals surface area contributed by atoms with E-state index in [-0.39, 0.29) is 5.91 Å². The molecule has 0 fully saturated rings. The van der Waals surface area contributed by atoms with Crippen LogP contribution in [0.25, 0.3) is 0 Å². The van der Waals surface area contributed by atoms with E-state index in [1.807, 2.05) is 44.2 Å². The van der Waals surface area contributed by atoms with Crippen LogP contribution < -0.4 is 11.1 Å². The number of anilines is 1. The van der Waals surface area contributed by atoms with Gasteiger partial charge in [0.2, 0.25) is 5.91 Å². The highest BCUT2D eigenvalue weighted by Crippen LogP contribution is 2.26. The van der Waals surface area contributed by atoms with Gasteiger partial charge in [-0.05, 0) is 55.9 Å². The number of aryl methyl sites for hydroxylation is 2. The van der Waals surface area contributed by atoms with E-state index in [2.05, 4.69) is 15.3 Å². The zero-order chi connectivity index (χ0) is 15.2. The van der Waals surface area contributed by atoms with E-state index in [0.29, 0.717) is 13.0 Å². The summed E-state index contributed by atoms with van der Waals surface area (Å²) in [6.07, 6.45) is 0.326. The third-order valence-electron chi connectivity index (χ3n) is 2.68. The third-order valence-corrected chi connectivity index (χ3v) is 3.55. The lowest BCUT2D eigenvalue weighted by Gasteiger charge is -2.06. The monoisotopic (exact) mass is 302 g/mol. The van der Waals surface area contributed by atoms with Crippen molar-refractivity contribution in [3.8, 4) is 0 Å². The molecule has 6 heteroatoms. The molecule has 110 valence electrons. The lowest BCUT2D eigenvalue weighted by atomic mass is 10.3. The van der Waals surface area contributed by atoms with Gasteiger partial charge >= 0.3 is 0 Å². The topological polar surface area (TPSA) is 80.9 Å². The maximum atomic E-state index is 11.4. The molecular weight excluding hydrogens is 284 g/mol. The first-order valence-corrected chi connectivity index (χ1v) is 7.48. The second-order valence-corrected chi connectivity index (χ2v) is 5.69. The molecule has 3 N–H and O–H groups in total. The second-order valence-electron chi connectivity index (χ2n) is 4.65. The van der Waals surface area contributed by atoms with Crippen molar-refractivity contribution in [2.75, 3.05) is 11.9 Å². The molecule has 0 saturated carbocycles. The second kappa shape index (κ2) is 7.19. The van der Waals surface area contributed by atoms with Gasteiger partial charge < -0.3 is 11.1 Å². The molecule has 1 aromatic heterocycles. The summed E-state index contributed by atoms with van der Waals surface area (Å²) >= 11 is 1.50. The SMILES string of the molecule is Cc1cc(C)nc(Sc2ccc(NC(=O)CCN)cc2)n1. The predicted octanol–water partition coefficient (Wildman–Crippen LogP) is 2.53. The summed E-state index contributed by atoms with van der Waals surface area (Å²) in [4.78, 5) is 21.3.